The van der Waals surface area contributed by atoms with E-state index >= 15 is 0 Å². The summed E-state index contributed by atoms with van der Waals surface area (Å²) in [6.07, 6.45) is 5.88. The number of halogens is 1. The molecule has 2 aromatic carbocycles. The second-order valence-electron chi connectivity index (χ2n) is 8.73. The highest BCUT2D eigenvalue weighted by Gasteiger charge is 2.23. The van der Waals surface area contributed by atoms with Crippen LogP contribution in [0.4, 0.5) is 5.82 Å². The molecule has 1 amide bonds. The lowest BCUT2D eigenvalue weighted by Gasteiger charge is -2.29. The lowest BCUT2D eigenvalue weighted by atomic mass is 9.86. The zero-order valence-corrected chi connectivity index (χ0v) is 20.2. The molecule has 1 aliphatic rings. The molecule has 6 nitrogen and oxygen atoms in total. The number of aromatic nitrogens is 2. The number of nitrogens with one attached hydrogen (secondary N) is 2. The van der Waals surface area contributed by atoms with Gasteiger partial charge in [0.05, 0.1) is 5.52 Å². The van der Waals surface area contributed by atoms with Gasteiger partial charge in [-0.25, -0.2) is 9.97 Å². The highest BCUT2D eigenvalue weighted by molar-refractivity contribution is 5.96. The van der Waals surface area contributed by atoms with E-state index in [2.05, 4.69) is 33.8 Å². The van der Waals surface area contributed by atoms with Gasteiger partial charge in [-0.1, -0.05) is 36.4 Å². The van der Waals surface area contributed by atoms with Crippen molar-refractivity contribution in [2.75, 3.05) is 11.9 Å². The van der Waals surface area contributed by atoms with E-state index in [0.717, 1.165) is 42.4 Å². The number of para-hydroxylation sites is 2. The Bertz CT molecular complexity index is 1260. The predicted octanol–water partition coefficient (Wildman–Crippen LogP) is 6.24. The third-order valence-electron chi connectivity index (χ3n) is 6.32. The Labute approximate surface area is 211 Å². The number of hydrogen-bond acceptors (Lipinski definition) is 5. The molecule has 0 saturated heterocycles. The van der Waals surface area contributed by atoms with E-state index in [0.29, 0.717) is 35.7 Å². The molecule has 35 heavy (non-hydrogen) atoms. The van der Waals surface area contributed by atoms with E-state index in [-0.39, 0.29) is 18.3 Å². The molecule has 0 unspecified atom stereocenters. The van der Waals surface area contributed by atoms with Gasteiger partial charge in [-0.2, -0.15) is 0 Å². The van der Waals surface area contributed by atoms with Crippen LogP contribution in [0.3, 0.4) is 0 Å². The second-order valence-corrected chi connectivity index (χ2v) is 8.73. The fourth-order valence-electron chi connectivity index (χ4n) is 4.44. The Kier molecular flexibility index (Phi) is 8.16. The summed E-state index contributed by atoms with van der Waals surface area (Å²) in [5, 5.41) is 7.83. The number of pyridine rings is 2. The van der Waals surface area contributed by atoms with Crippen molar-refractivity contribution in [2.45, 2.75) is 31.7 Å². The molecule has 0 radical (unpaired) electrons. The number of benzene rings is 2. The van der Waals surface area contributed by atoms with Gasteiger partial charge in [0, 0.05) is 24.2 Å². The molecule has 0 spiro atoms. The molecule has 1 saturated carbocycles. The van der Waals surface area contributed by atoms with Gasteiger partial charge >= 0.3 is 0 Å². The van der Waals surface area contributed by atoms with Crippen molar-refractivity contribution >= 4 is 35.0 Å². The van der Waals surface area contributed by atoms with Gasteiger partial charge in [-0.3, -0.25) is 4.79 Å². The number of hydrogen-bond donors (Lipinski definition) is 2. The van der Waals surface area contributed by atoms with Crippen LogP contribution in [0.1, 0.15) is 36.0 Å². The van der Waals surface area contributed by atoms with Gasteiger partial charge < -0.3 is 15.4 Å². The molecule has 1 fully saturated rings. The summed E-state index contributed by atoms with van der Waals surface area (Å²) in [4.78, 5) is 21.9. The van der Waals surface area contributed by atoms with Gasteiger partial charge in [0.2, 0.25) is 5.88 Å². The van der Waals surface area contributed by atoms with Crippen molar-refractivity contribution < 1.29 is 9.53 Å². The standard InChI is InChI=1S/C28H28N4O2.ClH/c33-27(24-10-6-18-29-28(24)34-23-8-2-1-3-9-23)30-19-20-12-15-22(16-13-20)31-26-17-14-21-7-4-5-11-25(21)32-26;/h1-11,14,17-18,20,22H,12-13,15-16,19H2,(H,30,33)(H,31,32);1H/t20-,22+;. The van der Waals surface area contributed by atoms with E-state index in [1.54, 1.807) is 18.3 Å². The van der Waals surface area contributed by atoms with Crippen LogP contribution in [0.15, 0.2) is 85.1 Å². The third kappa shape index (κ3) is 6.28. The predicted molar refractivity (Wildman–Crippen MR) is 141 cm³/mol. The molecule has 0 aliphatic heterocycles. The molecule has 2 heterocycles. The number of nitrogens with zero attached hydrogens (tertiary/aromatic N) is 2. The number of amides is 1. The lowest BCUT2D eigenvalue weighted by molar-refractivity contribution is 0.0940. The molecule has 7 heteroatoms. The van der Waals surface area contributed by atoms with Crippen molar-refractivity contribution in [3.8, 4) is 11.6 Å². The first-order chi connectivity index (χ1) is 16.7. The molecular formula is C28H29ClN4O2. The van der Waals surface area contributed by atoms with Crippen molar-refractivity contribution in [3.63, 3.8) is 0 Å². The maximum absolute atomic E-state index is 12.9. The lowest BCUT2D eigenvalue weighted by Crippen LogP contribution is -2.34. The smallest absolute Gasteiger partial charge is 0.256 e. The first-order valence-electron chi connectivity index (χ1n) is 11.8. The Morgan fingerprint density at radius 1 is 0.886 bits per heavy atom. The minimum Gasteiger partial charge on any atom is -0.438 e. The van der Waals surface area contributed by atoms with Crippen LogP contribution in [-0.4, -0.2) is 28.5 Å². The number of rotatable bonds is 7. The van der Waals surface area contributed by atoms with Gasteiger partial charge in [-0.15, -0.1) is 12.4 Å². The minimum atomic E-state index is -0.153. The van der Waals surface area contributed by atoms with Gasteiger partial charge in [0.15, 0.2) is 0 Å². The monoisotopic (exact) mass is 488 g/mol. The van der Waals surface area contributed by atoms with Gasteiger partial charge in [0.25, 0.3) is 5.91 Å². The summed E-state index contributed by atoms with van der Waals surface area (Å²) < 4.78 is 5.83. The van der Waals surface area contributed by atoms with Crippen LogP contribution < -0.4 is 15.4 Å². The van der Waals surface area contributed by atoms with Crippen LogP contribution in [0.5, 0.6) is 11.6 Å². The van der Waals surface area contributed by atoms with Crippen molar-refractivity contribution in [3.05, 3.63) is 90.6 Å². The summed E-state index contributed by atoms with van der Waals surface area (Å²) in [6, 6.07) is 25.6. The number of carbonyl (C=O) groups excluding carboxylic acids is 1. The zero-order chi connectivity index (χ0) is 23.2. The molecule has 0 bridgehead atoms. The number of carbonyl (C=O) groups is 1. The first kappa shape index (κ1) is 24.5. The number of anilines is 1. The van der Waals surface area contributed by atoms with E-state index in [1.807, 2.05) is 48.5 Å². The van der Waals surface area contributed by atoms with Crippen LogP contribution in [-0.2, 0) is 0 Å². The van der Waals surface area contributed by atoms with Crippen LogP contribution in [0, 0.1) is 5.92 Å². The van der Waals surface area contributed by atoms with Crippen molar-refractivity contribution in [1.82, 2.24) is 15.3 Å². The van der Waals surface area contributed by atoms with Crippen molar-refractivity contribution in [1.29, 1.82) is 0 Å². The summed E-state index contributed by atoms with van der Waals surface area (Å²) in [5.74, 6) is 2.21. The SMILES string of the molecule is Cl.O=C(NC[C@H]1CC[C@@H](Nc2ccc3ccccc3n2)CC1)c1cccnc1Oc1ccccc1. The Morgan fingerprint density at radius 3 is 2.49 bits per heavy atom. The molecule has 1 aliphatic carbocycles. The largest absolute Gasteiger partial charge is 0.438 e. The Hall–Kier alpha value is -3.64. The second kappa shape index (κ2) is 11.7. The van der Waals surface area contributed by atoms with Gasteiger partial charge in [0.1, 0.15) is 17.1 Å². The van der Waals surface area contributed by atoms with Crippen LogP contribution >= 0.6 is 12.4 Å². The van der Waals surface area contributed by atoms with E-state index in [9.17, 15) is 4.79 Å². The molecule has 5 rings (SSSR count). The van der Waals surface area contributed by atoms with Crippen LogP contribution in [0.2, 0.25) is 0 Å². The molecule has 4 aromatic rings. The summed E-state index contributed by atoms with van der Waals surface area (Å²) >= 11 is 0. The van der Waals surface area contributed by atoms with E-state index < -0.39 is 0 Å². The normalized spacial score (nSPS) is 17.3. The van der Waals surface area contributed by atoms with E-state index in [4.69, 9.17) is 9.72 Å². The minimum absolute atomic E-state index is 0. The molecule has 180 valence electrons. The third-order valence-corrected chi connectivity index (χ3v) is 6.32. The average Bonchev–Trinajstić information content (AvgIpc) is 2.89. The Balaban J connectivity index is 0.00000289. The summed E-state index contributed by atoms with van der Waals surface area (Å²) in [5.41, 5.74) is 1.46. The number of fused-ring (bicyclic) bond motifs is 1. The first-order valence-corrected chi connectivity index (χ1v) is 11.8. The molecule has 2 N–H and O–H groups in total. The maximum Gasteiger partial charge on any atom is 0.256 e. The highest BCUT2D eigenvalue weighted by atomic mass is 35.5. The average molecular weight is 489 g/mol. The topological polar surface area (TPSA) is 76.1 Å². The van der Waals surface area contributed by atoms with Crippen molar-refractivity contribution in [2.24, 2.45) is 5.92 Å². The summed E-state index contributed by atoms with van der Waals surface area (Å²) in [6.45, 7) is 0.652. The zero-order valence-electron chi connectivity index (χ0n) is 19.4. The summed E-state index contributed by atoms with van der Waals surface area (Å²) in [7, 11) is 0. The molecular weight excluding hydrogens is 460 g/mol. The molecule has 0 atom stereocenters. The highest BCUT2D eigenvalue weighted by Crippen LogP contribution is 2.27. The quantitative estimate of drug-likeness (QED) is 0.322. The molecule has 2 aromatic heterocycles. The maximum atomic E-state index is 12.9. The number of ether oxygens (including phenoxy) is 1. The van der Waals surface area contributed by atoms with Gasteiger partial charge in [-0.05, 0) is 74.1 Å². The fourth-order valence-corrected chi connectivity index (χ4v) is 4.44. The van der Waals surface area contributed by atoms with E-state index in [1.165, 1.54) is 0 Å². The Morgan fingerprint density at radius 2 is 1.66 bits per heavy atom. The van der Waals surface area contributed by atoms with Crippen LogP contribution in [0.25, 0.3) is 10.9 Å². The fraction of sp³-hybridized carbons (Fsp3) is 0.250.